The van der Waals surface area contributed by atoms with Gasteiger partial charge in [-0.05, 0) is 31.0 Å². The Labute approximate surface area is 147 Å². The molecular weight excluding hydrogens is 318 g/mol. The predicted molar refractivity (Wildman–Crippen MR) is 99.2 cm³/mol. The highest BCUT2D eigenvalue weighted by molar-refractivity contribution is 8.00. The molecule has 1 saturated heterocycles. The van der Waals surface area contributed by atoms with Crippen molar-refractivity contribution in [2.45, 2.75) is 24.6 Å². The van der Waals surface area contributed by atoms with Gasteiger partial charge in [0.05, 0.1) is 6.04 Å². The van der Waals surface area contributed by atoms with E-state index in [1.165, 1.54) is 0 Å². The molecule has 1 atom stereocenters. The molecule has 0 aliphatic carbocycles. The number of pyridine rings is 1. The topological polar surface area (TPSA) is 45.2 Å². The molecular formula is C19H23N3OS. The molecule has 1 unspecified atom stereocenters. The first-order valence-corrected chi connectivity index (χ1v) is 9.18. The van der Waals surface area contributed by atoms with Crippen LogP contribution in [-0.4, -0.2) is 39.5 Å². The van der Waals surface area contributed by atoms with Crippen LogP contribution in [0.2, 0.25) is 0 Å². The van der Waals surface area contributed by atoms with Crippen LogP contribution in [0, 0.1) is 0 Å². The Balaban J connectivity index is 1.81. The molecule has 1 aliphatic rings. The zero-order chi connectivity index (χ0) is 17.0. The summed E-state index contributed by atoms with van der Waals surface area (Å²) in [5.41, 5.74) is 2.05. The predicted octanol–water partition coefficient (Wildman–Crippen LogP) is 3.71. The molecule has 1 aromatic heterocycles. The van der Waals surface area contributed by atoms with Gasteiger partial charge in [-0.1, -0.05) is 36.4 Å². The van der Waals surface area contributed by atoms with Crippen LogP contribution < -0.4 is 5.32 Å². The van der Waals surface area contributed by atoms with Crippen molar-refractivity contribution in [1.82, 2.24) is 15.2 Å². The number of hydrogen-bond donors (Lipinski definition) is 1. The molecule has 0 spiro atoms. The van der Waals surface area contributed by atoms with Crippen molar-refractivity contribution in [3.63, 3.8) is 0 Å². The van der Waals surface area contributed by atoms with Crippen molar-refractivity contribution in [2.75, 3.05) is 18.8 Å². The lowest BCUT2D eigenvalue weighted by molar-refractivity contribution is 0.192. The number of urea groups is 1. The summed E-state index contributed by atoms with van der Waals surface area (Å²) in [5, 5.41) is 3.19. The minimum Gasteiger partial charge on any atom is -0.327 e. The highest BCUT2D eigenvalue weighted by Gasteiger charge is 2.31. The number of carbonyl (C=O) groups is 1. The monoisotopic (exact) mass is 341 g/mol. The van der Waals surface area contributed by atoms with E-state index in [0.29, 0.717) is 0 Å². The lowest BCUT2D eigenvalue weighted by Crippen LogP contribution is -2.50. The molecule has 4 nitrogen and oxygen atoms in total. The Hall–Kier alpha value is -2.01. The fourth-order valence-electron chi connectivity index (χ4n) is 2.96. The van der Waals surface area contributed by atoms with Crippen LogP contribution in [0.25, 0.3) is 0 Å². The first-order valence-electron chi connectivity index (χ1n) is 8.19. The molecule has 1 aliphatic heterocycles. The van der Waals surface area contributed by atoms with E-state index >= 15 is 0 Å². The van der Waals surface area contributed by atoms with Crippen LogP contribution in [0.4, 0.5) is 4.79 Å². The zero-order valence-corrected chi connectivity index (χ0v) is 14.9. The molecule has 2 heterocycles. The maximum absolute atomic E-state index is 12.8. The fourth-order valence-corrected chi connectivity index (χ4v) is 4.07. The summed E-state index contributed by atoms with van der Waals surface area (Å²) < 4.78 is 0.103. The van der Waals surface area contributed by atoms with Gasteiger partial charge in [-0.3, -0.25) is 4.98 Å². The van der Waals surface area contributed by atoms with Crippen molar-refractivity contribution in [2.24, 2.45) is 0 Å². The molecule has 1 aromatic carbocycles. The van der Waals surface area contributed by atoms with Crippen LogP contribution in [0.1, 0.15) is 31.0 Å². The standard InChI is InChI=1S/C19H23N3OS/c1-19(2)14-22(11-12-24-19)18(23)21-17(15-7-4-3-5-8-15)16-9-6-10-20-13-16/h3-10,13,17H,11-12,14H2,1-2H3,(H,21,23). The van der Waals surface area contributed by atoms with Crippen molar-refractivity contribution in [3.05, 3.63) is 66.0 Å². The first kappa shape index (κ1) is 16.8. The van der Waals surface area contributed by atoms with Crippen LogP contribution in [0.15, 0.2) is 54.9 Å². The Morgan fingerprint density at radius 3 is 2.62 bits per heavy atom. The summed E-state index contributed by atoms with van der Waals surface area (Å²) in [4.78, 5) is 19.0. The van der Waals surface area contributed by atoms with Crippen LogP contribution in [-0.2, 0) is 0 Å². The number of benzene rings is 1. The number of carbonyl (C=O) groups excluding carboxylic acids is 1. The van der Waals surface area contributed by atoms with Crippen molar-refractivity contribution < 1.29 is 4.79 Å². The number of nitrogens with zero attached hydrogens (tertiary/aromatic N) is 2. The van der Waals surface area contributed by atoms with Gasteiger partial charge < -0.3 is 10.2 Å². The van der Waals surface area contributed by atoms with E-state index < -0.39 is 0 Å². The van der Waals surface area contributed by atoms with Crippen molar-refractivity contribution in [1.29, 1.82) is 0 Å². The molecule has 0 saturated carbocycles. The van der Waals surface area contributed by atoms with Gasteiger partial charge in [-0.2, -0.15) is 11.8 Å². The van der Waals surface area contributed by atoms with Crippen molar-refractivity contribution >= 4 is 17.8 Å². The summed E-state index contributed by atoms with van der Waals surface area (Å²) >= 11 is 1.92. The first-order chi connectivity index (χ1) is 11.6. The van der Waals surface area contributed by atoms with Gasteiger partial charge in [0.1, 0.15) is 0 Å². The van der Waals surface area contributed by atoms with Crippen LogP contribution in [0.5, 0.6) is 0 Å². The van der Waals surface area contributed by atoms with Gasteiger partial charge >= 0.3 is 6.03 Å². The largest absolute Gasteiger partial charge is 0.327 e. The second kappa shape index (κ2) is 7.26. The molecule has 1 fully saturated rings. The average Bonchev–Trinajstić information content (AvgIpc) is 2.60. The number of hydrogen-bond acceptors (Lipinski definition) is 3. The van der Waals surface area contributed by atoms with E-state index in [2.05, 4.69) is 24.1 Å². The Kier molecular flexibility index (Phi) is 5.09. The quantitative estimate of drug-likeness (QED) is 0.926. The molecule has 2 aromatic rings. The summed E-state index contributed by atoms with van der Waals surface area (Å²) in [7, 11) is 0. The average molecular weight is 341 g/mol. The molecule has 0 radical (unpaired) electrons. The number of aromatic nitrogens is 1. The molecule has 5 heteroatoms. The summed E-state index contributed by atoms with van der Waals surface area (Å²) in [5.74, 6) is 0.976. The number of rotatable bonds is 3. The van der Waals surface area contributed by atoms with E-state index in [1.54, 1.807) is 6.20 Å². The van der Waals surface area contributed by atoms with Gasteiger partial charge in [-0.25, -0.2) is 4.79 Å². The maximum Gasteiger partial charge on any atom is 0.318 e. The third kappa shape index (κ3) is 4.09. The van der Waals surface area contributed by atoms with E-state index in [-0.39, 0.29) is 16.8 Å². The zero-order valence-electron chi connectivity index (χ0n) is 14.1. The minimum atomic E-state index is -0.190. The number of thioether (sulfide) groups is 1. The highest BCUT2D eigenvalue weighted by Crippen LogP contribution is 2.30. The van der Waals surface area contributed by atoms with Gasteiger partial charge in [0, 0.05) is 36.0 Å². The van der Waals surface area contributed by atoms with Gasteiger partial charge in [0.2, 0.25) is 0 Å². The summed E-state index contributed by atoms with van der Waals surface area (Å²) in [6.07, 6.45) is 3.56. The summed E-state index contributed by atoms with van der Waals surface area (Å²) in [6, 6.07) is 13.7. The van der Waals surface area contributed by atoms with E-state index in [0.717, 1.165) is 30.0 Å². The normalized spacial score (nSPS) is 18.0. The van der Waals surface area contributed by atoms with E-state index in [4.69, 9.17) is 0 Å². The third-order valence-electron chi connectivity index (χ3n) is 4.13. The van der Waals surface area contributed by atoms with E-state index in [9.17, 15) is 4.79 Å². The van der Waals surface area contributed by atoms with E-state index in [1.807, 2.05) is 65.3 Å². The summed E-state index contributed by atoms with van der Waals surface area (Å²) in [6.45, 7) is 5.92. The fraction of sp³-hybridized carbons (Fsp3) is 0.368. The highest BCUT2D eigenvalue weighted by atomic mass is 32.2. The number of nitrogens with one attached hydrogen (secondary N) is 1. The SMILES string of the molecule is CC1(C)CN(C(=O)NC(c2ccccc2)c2cccnc2)CCS1. The van der Waals surface area contributed by atoms with Crippen LogP contribution in [0.3, 0.4) is 0 Å². The second-order valence-corrected chi connectivity index (χ2v) is 8.41. The van der Waals surface area contributed by atoms with Gasteiger partial charge in [0.15, 0.2) is 0 Å². The molecule has 1 N–H and O–H groups in total. The van der Waals surface area contributed by atoms with Crippen LogP contribution >= 0.6 is 11.8 Å². The lowest BCUT2D eigenvalue weighted by atomic mass is 10.0. The van der Waals surface area contributed by atoms with Gasteiger partial charge in [0.25, 0.3) is 0 Å². The molecule has 126 valence electrons. The smallest absolute Gasteiger partial charge is 0.318 e. The third-order valence-corrected chi connectivity index (χ3v) is 5.43. The molecule has 0 bridgehead atoms. The maximum atomic E-state index is 12.8. The number of amides is 2. The second-order valence-electron chi connectivity index (χ2n) is 6.61. The van der Waals surface area contributed by atoms with Gasteiger partial charge in [-0.15, -0.1) is 0 Å². The Morgan fingerprint density at radius 2 is 1.96 bits per heavy atom. The molecule has 24 heavy (non-hydrogen) atoms. The molecule has 2 amide bonds. The Bertz CT molecular complexity index is 636. The lowest BCUT2D eigenvalue weighted by Gasteiger charge is -2.38. The minimum absolute atomic E-state index is 0.0129. The Morgan fingerprint density at radius 1 is 1.21 bits per heavy atom. The molecule has 3 rings (SSSR count). The van der Waals surface area contributed by atoms with Crippen molar-refractivity contribution in [3.8, 4) is 0 Å².